The molecule has 1 aromatic rings. The third-order valence-electron chi connectivity index (χ3n) is 3.36. The van der Waals surface area contributed by atoms with Gasteiger partial charge >= 0.3 is 0 Å². The molecule has 0 aromatic heterocycles. The van der Waals surface area contributed by atoms with Gasteiger partial charge in [0.25, 0.3) is 0 Å². The first-order valence-corrected chi connectivity index (χ1v) is 8.68. The predicted molar refractivity (Wildman–Crippen MR) is 86.6 cm³/mol. The average Bonchev–Trinajstić information content (AvgIpc) is 2.75. The summed E-state index contributed by atoms with van der Waals surface area (Å²) in [6, 6.07) is 6.31. The summed E-state index contributed by atoms with van der Waals surface area (Å²) in [6.45, 7) is 4.73. The molecule has 1 aromatic carbocycles. The van der Waals surface area contributed by atoms with Crippen molar-refractivity contribution in [1.82, 2.24) is 5.32 Å². The van der Waals surface area contributed by atoms with Gasteiger partial charge in [-0.2, -0.15) is 0 Å². The molecule has 0 saturated heterocycles. The number of rotatable bonds is 8. The Hall–Kier alpha value is -0.910. The number of aliphatic hydroxyl groups is 1. The lowest BCUT2D eigenvalue weighted by Crippen LogP contribution is -2.33. The summed E-state index contributed by atoms with van der Waals surface area (Å²) in [6.07, 6.45) is 2.97. The van der Waals surface area contributed by atoms with Crippen molar-refractivity contribution >= 4 is 11.8 Å². The first kappa shape index (κ1) is 16.5. The Morgan fingerprint density at radius 3 is 2.86 bits per heavy atom. The minimum Gasteiger partial charge on any atom is -0.490 e. The van der Waals surface area contributed by atoms with E-state index in [2.05, 4.69) is 24.4 Å². The molecule has 1 heterocycles. The Labute approximate surface area is 131 Å². The van der Waals surface area contributed by atoms with Crippen molar-refractivity contribution in [2.24, 2.45) is 0 Å². The normalized spacial score (nSPS) is 15.5. The summed E-state index contributed by atoms with van der Waals surface area (Å²) >= 11 is 1.79. The smallest absolute Gasteiger partial charge is 0.162 e. The maximum Gasteiger partial charge on any atom is 0.162 e. The first-order valence-electron chi connectivity index (χ1n) is 7.70. The van der Waals surface area contributed by atoms with Crippen molar-refractivity contribution in [3.05, 3.63) is 18.2 Å². The van der Waals surface area contributed by atoms with E-state index in [1.165, 1.54) is 4.90 Å². The third-order valence-corrected chi connectivity index (χ3v) is 4.38. The zero-order valence-corrected chi connectivity index (χ0v) is 13.5. The maximum atomic E-state index is 9.33. The topological polar surface area (TPSA) is 50.7 Å². The van der Waals surface area contributed by atoms with Gasteiger partial charge < -0.3 is 19.9 Å². The molecule has 2 rings (SSSR count). The van der Waals surface area contributed by atoms with Crippen molar-refractivity contribution in [3.63, 3.8) is 0 Å². The van der Waals surface area contributed by atoms with Gasteiger partial charge in [0.1, 0.15) is 0 Å². The molecule has 21 heavy (non-hydrogen) atoms. The second-order valence-corrected chi connectivity index (χ2v) is 6.30. The Morgan fingerprint density at radius 2 is 2.10 bits per heavy atom. The van der Waals surface area contributed by atoms with Crippen molar-refractivity contribution in [1.29, 1.82) is 0 Å². The van der Waals surface area contributed by atoms with E-state index < -0.39 is 0 Å². The molecular weight excluding hydrogens is 286 g/mol. The van der Waals surface area contributed by atoms with E-state index in [1.54, 1.807) is 11.8 Å². The average molecular weight is 311 g/mol. The van der Waals surface area contributed by atoms with E-state index in [1.807, 2.05) is 6.07 Å². The van der Waals surface area contributed by atoms with Crippen LogP contribution < -0.4 is 14.8 Å². The number of nitrogens with one attached hydrogen (secondary N) is 1. The highest BCUT2D eigenvalue weighted by Gasteiger charge is 2.11. The molecule has 0 amide bonds. The minimum atomic E-state index is 0.192. The summed E-state index contributed by atoms with van der Waals surface area (Å²) in [7, 11) is 0. The van der Waals surface area contributed by atoms with E-state index in [9.17, 15) is 5.11 Å². The van der Waals surface area contributed by atoms with Crippen LogP contribution in [0.3, 0.4) is 0 Å². The fourth-order valence-corrected chi connectivity index (χ4v) is 3.15. The van der Waals surface area contributed by atoms with Crippen LogP contribution in [0, 0.1) is 0 Å². The monoisotopic (exact) mass is 311 g/mol. The summed E-state index contributed by atoms with van der Waals surface area (Å²) in [5.74, 6) is 2.66. The highest BCUT2D eigenvalue weighted by atomic mass is 32.2. The molecule has 0 fully saturated rings. The molecule has 0 aliphatic carbocycles. The number of ether oxygens (including phenoxy) is 2. The van der Waals surface area contributed by atoms with Crippen LogP contribution in [0.15, 0.2) is 23.1 Å². The molecule has 118 valence electrons. The lowest BCUT2D eigenvalue weighted by atomic mass is 10.2. The fraction of sp³-hybridized carbons (Fsp3) is 0.625. The molecule has 0 radical (unpaired) electrons. The van der Waals surface area contributed by atoms with Gasteiger partial charge in [0.15, 0.2) is 11.5 Å². The highest BCUT2D eigenvalue weighted by molar-refractivity contribution is 7.99. The zero-order chi connectivity index (χ0) is 14.9. The van der Waals surface area contributed by atoms with Gasteiger partial charge in [-0.1, -0.05) is 6.92 Å². The lowest BCUT2D eigenvalue weighted by Gasteiger charge is -2.15. The maximum absolute atomic E-state index is 9.33. The van der Waals surface area contributed by atoms with Crippen LogP contribution in [0.1, 0.15) is 26.2 Å². The van der Waals surface area contributed by atoms with Gasteiger partial charge in [0.2, 0.25) is 0 Å². The standard InChI is InChI=1S/C16H25NO3S/c1-2-7-17-13(12-18)6-10-21-14-4-5-15-16(11-14)20-9-3-8-19-15/h4-5,11,13,17-18H,2-3,6-10,12H2,1H3. The molecule has 1 unspecified atom stereocenters. The van der Waals surface area contributed by atoms with Crippen LogP contribution in [0.5, 0.6) is 11.5 Å². The highest BCUT2D eigenvalue weighted by Crippen LogP contribution is 2.34. The van der Waals surface area contributed by atoms with Gasteiger partial charge in [-0.3, -0.25) is 0 Å². The Morgan fingerprint density at radius 1 is 1.29 bits per heavy atom. The number of thioether (sulfide) groups is 1. The Balaban J connectivity index is 1.81. The van der Waals surface area contributed by atoms with Gasteiger partial charge in [-0.05, 0) is 43.3 Å². The number of fused-ring (bicyclic) bond motifs is 1. The molecule has 4 nitrogen and oxygen atoms in total. The Kier molecular flexibility index (Phi) is 7.19. The van der Waals surface area contributed by atoms with E-state index in [0.717, 1.165) is 49.7 Å². The molecule has 0 saturated carbocycles. The van der Waals surface area contributed by atoms with Gasteiger partial charge in [-0.25, -0.2) is 0 Å². The first-order chi connectivity index (χ1) is 10.3. The number of aliphatic hydroxyl groups excluding tert-OH is 1. The van der Waals surface area contributed by atoms with E-state index in [0.29, 0.717) is 6.61 Å². The molecule has 5 heteroatoms. The quantitative estimate of drug-likeness (QED) is 0.723. The van der Waals surface area contributed by atoms with Gasteiger partial charge in [-0.15, -0.1) is 11.8 Å². The van der Waals surface area contributed by atoms with E-state index >= 15 is 0 Å². The summed E-state index contributed by atoms with van der Waals surface area (Å²) in [5.41, 5.74) is 0. The van der Waals surface area contributed by atoms with Crippen molar-refractivity contribution in [2.75, 3.05) is 32.1 Å². The second-order valence-electron chi connectivity index (χ2n) is 5.13. The lowest BCUT2D eigenvalue weighted by molar-refractivity contribution is 0.240. The molecule has 0 bridgehead atoms. The molecule has 2 N–H and O–H groups in total. The summed E-state index contributed by atoms with van der Waals surface area (Å²) < 4.78 is 11.3. The number of hydrogen-bond donors (Lipinski definition) is 2. The molecule has 1 aliphatic heterocycles. The van der Waals surface area contributed by atoms with Gasteiger partial charge in [0, 0.05) is 17.4 Å². The molecular formula is C16H25NO3S. The predicted octanol–water partition coefficient (Wildman–Crippen LogP) is 2.69. The SMILES string of the molecule is CCCNC(CO)CCSc1ccc2c(c1)OCCCO2. The van der Waals surface area contributed by atoms with Crippen LogP contribution in [0.4, 0.5) is 0 Å². The van der Waals surface area contributed by atoms with E-state index in [-0.39, 0.29) is 12.6 Å². The van der Waals surface area contributed by atoms with Crippen molar-refractivity contribution in [3.8, 4) is 11.5 Å². The minimum absolute atomic E-state index is 0.192. The second kappa shape index (κ2) is 9.18. The van der Waals surface area contributed by atoms with Crippen LogP contribution >= 0.6 is 11.8 Å². The zero-order valence-electron chi connectivity index (χ0n) is 12.6. The van der Waals surface area contributed by atoms with Crippen LogP contribution in [0.2, 0.25) is 0 Å². The van der Waals surface area contributed by atoms with Crippen molar-refractivity contribution in [2.45, 2.75) is 37.1 Å². The van der Waals surface area contributed by atoms with Crippen LogP contribution in [-0.4, -0.2) is 43.3 Å². The van der Waals surface area contributed by atoms with Gasteiger partial charge in [0.05, 0.1) is 19.8 Å². The number of benzene rings is 1. The van der Waals surface area contributed by atoms with E-state index in [4.69, 9.17) is 9.47 Å². The fourth-order valence-electron chi connectivity index (χ4n) is 2.16. The molecule has 1 atom stereocenters. The third kappa shape index (κ3) is 5.41. The summed E-state index contributed by atoms with van der Waals surface area (Å²) in [5, 5.41) is 12.7. The van der Waals surface area contributed by atoms with Crippen LogP contribution in [-0.2, 0) is 0 Å². The molecule has 1 aliphatic rings. The molecule has 0 spiro atoms. The van der Waals surface area contributed by atoms with Crippen molar-refractivity contribution < 1.29 is 14.6 Å². The Bertz CT molecular complexity index is 428. The summed E-state index contributed by atoms with van der Waals surface area (Å²) in [4.78, 5) is 1.19. The van der Waals surface area contributed by atoms with Crippen LogP contribution in [0.25, 0.3) is 0 Å². The largest absolute Gasteiger partial charge is 0.490 e. The number of hydrogen-bond acceptors (Lipinski definition) is 5.